The van der Waals surface area contributed by atoms with E-state index >= 15 is 0 Å². The van der Waals surface area contributed by atoms with Crippen molar-refractivity contribution in [2.45, 2.75) is 11.8 Å². The molecule has 2 aromatic carbocycles. The number of halogens is 1. The quantitative estimate of drug-likeness (QED) is 0.157. The fraction of sp³-hybridized carbons (Fsp3) is 0.0556. The molecule has 0 unspecified atom stereocenters. The van der Waals surface area contributed by atoms with Gasteiger partial charge in [-0.1, -0.05) is 18.2 Å². The van der Waals surface area contributed by atoms with Crippen molar-refractivity contribution in [3.63, 3.8) is 0 Å². The fourth-order valence-corrected chi connectivity index (χ4v) is 4.31. The number of amidine groups is 1. The number of sulfonamides is 1. The third kappa shape index (κ3) is 6.99. The summed E-state index contributed by atoms with van der Waals surface area (Å²) in [5.74, 6) is -0.390. The Morgan fingerprint density at radius 2 is 1.76 bits per heavy atom. The zero-order chi connectivity index (χ0) is 24.6. The number of para-hydroxylation sites is 1. The van der Waals surface area contributed by atoms with E-state index in [1.165, 1.54) is 29.3 Å². The standard InChI is InChI=1S/C18H18N8O2S3.ClH.Co/c1-11-15(16(19)26(23-11)13-5-3-2-4-6-13)17(29)30-25-22-12-7-9-14(10-8-12)31(27,28)24-18(20)21;;/h2-10,19,29H,1H3,(H4,20,21,24);1H;/q;;+2/p-2/b17-15-,19-16?,25-22?;;. The summed E-state index contributed by atoms with van der Waals surface area (Å²) >= 11 is 9.36. The monoisotopic (exact) mass is 567 g/mol. The van der Waals surface area contributed by atoms with Gasteiger partial charge in [-0.3, -0.25) is 5.41 Å². The van der Waals surface area contributed by atoms with E-state index in [1.807, 2.05) is 30.3 Å². The van der Waals surface area contributed by atoms with E-state index in [0.717, 1.165) is 17.6 Å². The van der Waals surface area contributed by atoms with E-state index in [2.05, 4.69) is 44.1 Å². The van der Waals surface area contributed by atoms with Crippen LogP contribution in [0.4, 0.5) is 11.4 Å². The van der Waals surface area contributed by atoms with E-state index in [0.29, 0.717) is 21.2 Å². The Labute approximate surface area is 213 Å². The Kier molecular flexibility index (Phi) is 9.81. The molecule has 0 saturated carbocycles. The van der Waals surface area contributed by atoms with Gasteiger partial charge in [-0.05, 0) is 43.3 Å². The minimum atomic E-state index is -3.97. The second-order valence-electron chi connectivity index (χ2n) is 6.10. The van der Waals surface area contributed by atoms with Crippen molar-refractivity contribution in [3.8, 4) is 0 Å². The van der Waals surface area contributed by atoms with Crippen LogP contribution in [0.5, 0.6) is 0 Å². The van der Waals surface area contributed by atoms with Crippen LogP contribution in [0.15, 0.2) is 88.4 Å². The Bertz CT molecular complexity index is 1230. The van der Waals surface area contributed by atoms with Crippen LogP contribution in [-0.2, 0) is 37.5 Å². The second kappa shape index (κ2) is 12.1. The molecule has 2 aromatic rings. The number of nitrogens with two attached hydrogens (primary N) is 2. The van der Waals surface area contributed by atoms with Gasteiger partial charge >= 0.3 is 25.0 Å². The Hall–Kier alpha value is -2.49. The topological polar surface area (TPSA) is 163 Å². The summed E-state index contributed by atoms with van der Waals surface area (Å²) in [7, 11) is 0.360. The molecule has 0 aliphatic carbocycles. The van der Waals surface area contributed by atoms with Gasteiger partial charge in [0, 0.05) is 17.5 Å². The molecule has 0 aromatic heterocycles. The van der Waals surface area contributed by atoms with Crippen molar-refractivity contribution in [2.24, 2.45) is 30.6 Å². The number of hydrogen-bond donors (Lipinski definition) is 3. The molecular formula is C18H17ClCoN8O2S3. The van der Waals surface area contributed by atoms with Crippen LogP contribution in [0, 0.1) is 5.41 Å². The van der Waals surface area contributed by atoms with E-state index in [1.54, 1.807) is 6.92 Å². The summed E-state index contributed by atoms with van der Waals surface area (Å²) in [6.07, 6.45) is 0. The Morgan fingerprint density at radius 3 is 2.33 bits per heavy atom. The molecule has 0 radical (unpaired) electrons. The number of guanidine groups is 1. The zero-order valence-corrected chi connectivity index (χ0v) is 21.1. The van der Waals surface area contributed by atoms with Gasteiger partial charge in [-0.2, -0.15) is 13.5 Å². The first kappa shape index (κ1) is 26.8. The number of hydrazone groups is 1. The minimum absolute atomic E-state index is 0.0779. The third-order valence-corrected chi connectivity index (χ3v) is 6.19. The van der Waals surface area contributed by atoms with Crippen LogP contribution in [0.3, 0.4) is 0 Å². The average molecular weight is 568 g/mol. The Morgan fingerprint density at radius 1 is 1.15 bits per heavy atom. The van der Waals surface area contributed by atoms with Crippen molar-refractivity contribution in [3.05, 3.63) is 64.4 Å². The first-order valence-corrected chi connectivity index (χ1v) is 12.8. The second-order valence-corrected chi connectivity index (χ2v) is 9.13. The summed E-state index contributed by atoms with van der Waals surface area (Å²) < 4.78 is 31.4. The molecule has 0 saturated heterocycles. The van der Waals surface area contributed by atoms with Gasteiger partial charge in [0.15, 0.2) is 5.84 Å². The van der Waals surface area contributed by atoms with Gasteiger partial charge < -0.3 is 24.1 Å². The molecule has 1 aliphatic rings. The van der Waals surface area contributed by atoms with Crippen LogP contribution in [0.2, 0.25) is 0 Å². The van der Waals surface area contributed by atoms with Crippen molar-refractivity contribution < 1.29 is 23.3 Å². The van der Waals surface area contributed by atoms with Gasteiger partial charge in [0.1, 0.15) is 0 Å². The average Bonchev–Trinajstić information content (AvgIpc) is 3.09. The molecule has 15 heteroatoms. The first-order valence-electron chi connectivity index (χ1n) is 8.76. The number of benzene rings is 2. The number of anilines is 1. The molecule has 1 aliphatic heterocycles. The maximum absolute atomic E-state index is 11.9. The van der Waals surface area contributed by atoms with E-state index in [9.17, 15) is 8.42 Å². The Balaban J connectivity index is 0.00000187. The van der Waals surface area contributed by atoms with Crippen molar-refractivity contribution in [2.75, 3.05) is 5.01 Å². The van der Waals surface area contributed by atoms with Gasteiger partial charge in [-0.25, -0.2) is 5.01 Å². The van der Waals surface area contributed by atoms with Crippen molar-refractivity contribution in [1.29, 1.82) is 5.41 Å². The maximum atomic E-state index is 11.9. The van der Waals surface area contributed by atoms with Gasteiger partial charge in [0.2, 0.25) is 5.96 Å². The molecule has 3 rings (SSSR count). The normalized spacial score (nSPS) is 15.1. The van der Waals surface area contributed by atoms with Crippen LogP contribution < -0.4 is 16.5 Å². The van der Waals surface area contributed by atoms with E-state index in [-0.39, 0.29) is 10.7 Å². The van der Waals surface area contributed by atoms with Gasteiger partial charge in [0.25, 0.3) is 10.0 Å². The molecular weight excluding hydrogens is 551 g/mol. The molecule has 0 amide bonds. The van der Waals surface area contributed by atoms with Gasteiger partial charge in [0.05, 0.1) is 22.0 Å². The summed E-state index contributed by atoms with van der Waals surface area (Å²) in [5.41, 5.74) is 12.5. The van der Waals surface area contributed by atoms with Crippen LogP contribution in [-0.4, -0.2) is 25.9 Å². The SMILES string of the molecule is CC1=NN(c2ccccc2)C(=N)/C1=C(/[S-])SN=Nc1ccc(S(=O)(=O)N=C(N)N)cc1.[Cl][Co+]. The van der Waals surface area contributed by atoms with Crippen LogP contribution in [0.25, 0.3) is 0 Å². The number of nitrogens with one attached hydrogen (secondary N) is 1. The van der Waals surface area contributed by atoms with Crippen LogP contribution >= 0.6 is 22.1 Å². The molecule has 0 bridgehead atoms. The van der Waals surface area contributed by atoms with E-state index in [4.69, 9.17) is 29.5 Å². The summed E-state index contributed by atoms with van der Waals surface area (Å²) in [4.78, 5) is -0.0779. The number of rotatable bonds is 6. The number of hydrogen-bond acceptors (Lipinski definition) is 8. The van der Waals surface area contributed by atoms with Crippen molar-refractivity contribution >= 4 is 73.6 Å². The van der Waals surface area contributed by atoms with Gasteiger partial charge in [-0.15, -0.1) is 18.3 Å². The predicted molar refractivity (Wildman–Crippen MR) is 132 cm³/mol. The molecule has 33 heavy (non-hydrogen) atoms. The van der Waals surface area contributed by atoms with Crippen LogP contribution in [0.1, 0.15) is 6.92 Å². The first-order chi connectivity index (χ1) is 15.7. The molecule has 175 valence electrons. The summed E-state index contributed by atoms with van der Waals surface area (Å²) in [6, 6.07) is 14.8. The zero-order valence-electron chi connectivity index (χ0n) is 16.8. The summed E-state index contributed by atoms with van der Waals surface area (Å²) in [6.45, 7) is 1.77. The molecule has 0 fully saturated rings. The molecule has 10 nitrogen and oxygen atoms in total. The summed E-state index contributed by atoms with van der Waals surface area (Å²) in [5, 5.41) is 18.3. The molecule has 1 heterocycles. The van der Waals surface area contributed by atoms with E-state index < -0.39 is 16.0 Å². The fourth-order valence-electron chi connectivity index (χ4n) is 2.55. The van der Waals surface area contributed by atoms with Crippen molar-refractivity contribution in [1.82, 2.24) is 0 Å². The number of nitrogens with zero attached hydrogens (tertiary/aromatic N) is 5. The predicted octanol–water partition coefficient (Wildman–Crippen LogP) is 3.70. The molecule has 0 spiro atoms. The molecule has 5 N–H and O–H groups in total. The third-order valence-electron chi connectivity index (χ3n) is 3.91. The molecule has 0 atom stereocenters.